The number of fused-ring (bicyclic) bond motifs is 1. The van der Waals surface area contributed by atoms with E-state index >= 15 is 0 Å². The minimum absolute atomic E-state index is 0.0669. The van der Waals surface area contributed by atoms with Gasteiger partial charge in [-0.3, -0.25) is 0 Å². The van der Waals surface area contributed by atoms with Gasteiger partial charge in [-0.15, -0.1) is 0 Å². The molecular weight excluding hydrogens is 262 g/mol. The molecule has 0 unspecified atom stereocenters. The van der Waals surface area contributed by atoms with E-state index in [1.165, 1.54) is 0 Å². The minimum atomic E-state index is -0.0669. The molecule has 0 fully saturated rings. The summed E-state index contributed by atoms with van der Waals surface area (Å²) in [5.41, 5.74) is 1.71. The fraction of sp³-hybridized carbons (Fsp3) is 0.250. The average molecular weight is 281 g/mol. The molecule has 5 nitrogen and oxygen atoms in total. The van der Waals surface area contributed by atoms with Gasteiger partial charge < -0.3 is 15.6 Å². The second-order valence-electron chi connectivity index (χ2n) is 6.00. The van der Waals surface area contributed by atoms with Crippen LogP contribution in [0.5, 0.6) is 0 Å². The van der Waals surface area contributed by atoms with Crippen LogP contribution in [0.1, 0.15) is 20.8 Å². The van der Waals surface area contributed by atoms with Crippen molar-refractivity contribution in [2.75, 3.05) is 10.6 Å². The van der Waals surface area contributed by atoms with Crippen LogP contribution in [0.4, 0.5) is 17.5 Å². The molecule has 0 bridgehead atoms. The summed E-state index contributed by atoms with van der Waals surface area (Å²) in [7, 11) is 0. The number of nitrogens with one attached hydrogen (secondary N) is 3. The molecular formula is C16H19N5. The molecule has 21 heavy (non-hydrogen) atoms. The van der Waals surface area contributed by atoms with Crippen LogP contribution in [0.15, 0.2) is 42.6 Å². The maximum Gasteiger partial charge on any atom is 0.231 e. The van der Waals surface area contributed by atoms with E-state index in [2.05, 4.69) is 46.4 Å². The van der Waals surface area contributed by atoms with Gasteiger partial charge in [0.25, 0.3) is 0 Å². The van der Waals surface area contributed by atoms with Crippen molar-refractivity contribution >= 4 is 28.5 Å². The molecule has 3 N–H and O–H groups in total. The van der Waals surface area contributed by atoms with Gasteiger partial charge in [0.2, 0.25) is 5.95 Å². The summed E-state index contributed by atoms with van der Waals surface area (Å²) in [6, 6.07) is 11.9. The van der Waals surface area contributed by atoms with Crippen LogP contribution in [0.2, 0.25) is 0 Å². The van der Waals surface area contributed by atoms with Crippen LogP contribution in [-0.2, 0) is 0 Å². The molecule has 0 saturated carbocycles. The molecule has 3 aromatic rings. The number of anilines is 3. The Balaban J connectivity index is 2.00. The Morgan fingerprint density at radius 2 is 1.76 bits per heavy atom. The van der Waals surface area contributed by atoms with Crippen LogP contribution in [0.3, 0.4) is 0 Å². The summed E-state index contributed by atoms with van der Waals surface area (Å²) < 4.78 is 0. The van der Waals surface area contributed by atoms with E-state index in [9.17, 15) is 0 Å². The number of hydrogen-bond donors (Lipinski definition) is 3. The van der Waals surface area contributed by atoms with Gasteiger partial charge in [0, 0.05) is 17.4 Å². The molecule has 2 aromatic heterocycles. The van der Waals surface area contributed by atoms with Gasteiger partial charge in [-0.05, 0) is 39.0 Å². The fourth-order valence-corrected chi connectivity index (χ4v) is 2.10. The lowest BCUT2D eigenvalue weighted by molar-refractivity contribution is 0.631. The predicted octanol–water partition coefficient (Wildman–Crippen LogP) is 3.91. The number of para-hydroxylation sites is 1. The molecule has 0 spiro atoms. The first kappa shape index (κ1) is 13.4. The zero-order valence-corrected chi connectivity index (χ0v) is 12.4. The summed E-state index contributed by atoms with van der Waals surface area (Å²) >= 11 is 0. The Morgan fingerprint density at radius 1 is 1.00 bits per heavy atom. The van der Waals surface area contributed by atoms with Crippen molar-refractivity contribution in [3.8, 4) is 0 Å². The number of nitrogens with zero attached hydrogens (tertiary/aromatic N) is 2. The summed E-state index contributed by atoms with van der Waals surface area (Å²) in [6.07, 6.45) is 1.87. The molecule has 1 aromatic carbocycles. The monoisotopic (exact) mass is 281 g/mol. The van der Waals surface area contributed by atoms with E-state index in [0.717, 1.165) is 22.5 Å². The maximum atomic E-state index is 4.60. The first-order chi connectivity index (χ1) is 10.0. The topological polar surface area (TPSA) is 65.6 Å². The van der Waals surface area contributed by atoms with Gasteiger partial charge in [0.1, 0.15) is 11.5 Å². The maximum absolute atomic E-state index is 4.60. The molecule has 0 atom stereocenters. The van der Waals surface area contributed by atoms with Crippen LogP contribution >= 0.6 is 0 Å². The lowest BCUT2D eigenvalue weighted by Gasteiger charge is -2.22. The highest BCUT2D eigenvalue weighted by Gasteiger charge is 2.15. The van der Waals surface area contributed by atoms with Crippen LogP contribution < -0.4 is 10.6 Å². The largest absolute Gasteiger partial charge is 0.365 e. The van der Waals surface area contributed by atoms with E-state index in [4.69, 9.17) is 0 Å². The number of aromatic amines is 1. The number of benzene rings is 1. The number of H-pyrrole nitrogens is 1. The van der Waals surface area contributed by atoms with E-state index in [1.807, 2.05) is 42.6 Å². The molecule has 0 aliphatic heterocycles. The smallest absolute Gasteiger partial charge is 0.231 e. The average Bonchev–Trinajstić information content (AvgIpc) is 2.86. The van der Waals surface area contributed by atoms with Crippen molar-refractivity contribution in [1.82, 2.24) is 15.0 Å². The van der Waals surface area contributed by atoms with Gasteiger partial charge in [-0.2, -0.15) is 9.97 Å². The summed E-state index contributed by atoms with van der Waals surface area (Å²) in [6.45, 7) is 6.33. The zero-order valence-electron chi connectivity index (χ0n) is 12.4. The molecule has 108 valence electrons. The normalized spacial score (nSPS) is 11.6. The van der Waals surface area contributed by atoms with Crippen molar-refractivity contribution in [2.24, 2.45) is 0 Å². The summed E-state index contributed by atoms with van der Waals surface area (Å²) in [5.74, 6) is 1.40. The van der Waals surface area contributed by atoms with Gasteiger partial charge in [0.05, 0.1) is 5.39 Å². The molecule has 0 saturated heterocycles. The standard InChI is InChI=1S/C16H19N5/c1-16(2,3)21-14-12-9-10-17-13(12)19-15(20-14)18-11-7-5-4-6-8-11/h4-10H,1-3H3,(H3,17,18,19,20,21). The number of aromatic nitrogens is 3. The minimum Gasteiger partial charge on any atom is -0.365 e. The molecule has 5 heteroatoms. The second-order valence-corrected chi connectivity index (χ2v) is 6.00. The van der Waals surface area contributed by atoms with Crippen molar-refractivity contribution in [1.29, 1.82) is 0 Å². The Bertz CT molecular complexity index is 740. The predicted molar refractivity (Wildman–Crippen MR) is 87.0 cm³/mol. The quantitative estimate of drug-likeness (QED) is 0.681. The Kier molecular flexibility index (Phi) is 3.25. The molecule has 0 amide bonds. The fourth-order valence-electron chi connectivity index (χ4n) is 2.10. The van der Waals surface area contributed by atoms with E-state index in [0.29, 0.717) is 5.95 Å². The van der Waals surface area contributed by atoms with Crippen molar-refractivity contribution < 1.29 is 0 Å². The molecule has 0 aliphatic carbocycles. The van der Waals surface area contributed by atoms with Gasteiger partial charge in [0.15, 0.2) is 0 Å². The Hall–Kier alpha value is -2.56. The Labute approximate surface area is 123 Å². The molecule has 0 radical (unpaired) electrons. The van der Waals surface area contributed by atoms with Crippen molar-refractivity contribution in [3.05, 3.63) is 42.6 Å². The third-order valence-corrected chi connectivity index (χ3v) is 2.94. The highest BCUT2D eigenvalue weighted by Crippen LogP contribution is 2.25. The van der Waals surface area contributed by atoms with Gasteiger partial charge in [-0.1, -0.05) is 18.2 Å². The second kappa shape index (κ2) is 5.09. The zero-order chi connectivity index (χ0) is 14.9. The lowest BCUT2D eigenvalue weighted by atomic mass is 10.1. The van der Waals surface area contributed by atoms with Crippen LogP contribution in [-0.4, -0.2) is 20.5 Å². The molecule has 0 aliphatic rings. The number of rotatable bonds is 3. The molecule has 3 rings (SSSR count). The third kappa shape index (κ3) is 3.13. The van der Waals surface area contributed by atoms with Crippen molar-refractivity contribution in [2.45, 2.75) is 26.3 Å². The van der Waals surface area contributed by atoms with E-state index in [1.54, 1.807) is 0 Å². The van der Waals surface area contributed by atoms with Gasteiger partial charge in [-0.25, -0.2) is 0 Å². The van der Waals surface area contributed by atoms with Crippen molar-refractivity contribution in [3.63, 3.8) is 0 Å². The Morgan fingerprint density at radius 3 is 2.48 bits per heavy atom. The summed E-state index contributed by atoms with van der Waals surface area (Å²) in [4.78, 5) is 12.2. The van der Waals surface area contributed by atoms with E-state index < -0.39 is 0 Å². The molecule has 2 heterocycles. The first-order valence-electron chi connectivity index (χ1n) is 6.97. The third-order valence-electron chi connectivity index (χ3n) is 2.94. The van der Waals surface area contributed by atoms with Crippen LogP contribution in [0, 0.1) is 0 Å². The number of hydrogen-bond acceptors (Lipinski definition) is 4. The van der Waals surface area contributed by atoms with E-state index in [-0.39, 0.29) is 5.54 Å². The SMILES string of the molecule is CC(C)(C)Nc1nc(Nc2ccccc2)nc2[nH]ccc12. The lowest BCUT2D eigenvalue weighted by Crippen LogP contribution is -2.27. The highest BCUT2D eigenvalue weighted by atomic mass is 15.2. The van der Waals surface area contributed by atoms with Crippen LogP contribution in [0.25, 0.3) is 11.0 Å². The highest BCUT2D eigenvalue weighted by molar-refractivity contribution is 5.88. The first-order valence-corrected chi connectivity index (χ1v) is 6.97. The summed E-state index contributed by atoms with van der Waals surface area (Å²) in [5, 5.41) is 7.64. The van der Waals surface area contributed by atoms with Gasteiger partial charge >= 0.3 is 0 Å².